The third-order valence-corrected chi connectivity index (χ3v) is 5.46. The second-order valence-electron chi connectivity index (χ2n) is 8.31. The molecule has 4 rings (SSSR count). The molecule has 0 spiro atoms. The number of para-hydroxylation sites is 3. The normalized spacial score (nSPS) is 12.2. The Morgan fingerprint density at radius 1 is 0.969 bits per heavy atom. The highest BCUT2D eigenvalue weighted by Crippen LogP contribution is 2.27. The van der Waals surface area contributed by atoms with E-state index in [1.165, 1.54) is 0 Å². The number of hydrogen-bond acceptors (Lipinski definition) is 3. The molecule has 0 N–H and O–H groups in total. The highest BCUT2D eigenvalue weighted by Gasteiger charge is 2.24. The number of benzene rings is 3. The van der Waals surface area contributed by atoms with Gasteiger partial charge in [0, 0.05) is 11.7 Å². The van der Waals surface area contributed by atoms with Gasteiger partial charge in [0.1, 0.15) is 12.3 Å². The maximum absolute atomic E-state index is 13.5. The summed E-state index contributed by atoms with van der Waals surface area (Å²) in [5, 5.41) is 0. The molecular formula is C27H29N3O2. The molecule has 0 saturated heterocycles. The molecule has 0 aliphatic rings. The summed E-state index contributed by atoms with van der Waals surface area (Å²) in [4.78, 5) is 20.2. The molecule has 3 aromatic carbocycles. The quantitative estimate of drug-likeness (QED) is 0.367. The van der Waals surface area contributed by atoms with Crippen LogP contribution in [0, 0.1) is 6.92 Å². The van der Waals surface area contributed by atoms with Crippen molar-refractivity contribution in [3.63, 3.8) is 0 Å². The molecule has 0 radical (unpaired) electrons. The number of fused-ring (bicyclic) bond motifs is 1. The zero-order valence-corrected chi connectivity index (χ0v) is 19.0. The van der Waals surface area contributed by atoms with Crippen LogP contribution in [0.2, 0.25) is 0 Å². The van der Waals surface area contributed by atoms with Crippen LogP contribution >= 0.6 is 0 Å². The molecule has 0 fully saturated rings. The number of nitrogens with zero attached hydrogens (tertiary/aromatic N) is 3. The Morgan fingerprint density at radius 3 is 2.41 bits per heavy atom. The van der Waals surface area contributed by atoms with Gasteiger partial charge in [-0.25, -0.2) is 4.98 Å². The average Bonchev–Trinajstić information content (AvgIpc) is 3.13. The van der Waals surface area contributed by atoms with Crippen LogP contribution in [0.15, 0.2) is 78.9 Å². The summed E-state index contributed by atoms with van der Waals surface area (Å²) in [6, 6.07) is 25.7. The van der Waals surface area contributed by atoms with Gasteiger partial charge in [0.05, 0.1) is 11.0 Å². The smallest absolute Gasteiger partial charge is 0.247 e. The molecule has 164 valence electrons. The monoisotopic (exact) mass is 427 g/mol. The molecule has 1 amide bonds. The van der Waals surface area contributed by atoms with Crippen molar-refractivity contribution in [1.82, 2.24) is 9.55 Å². The van der Waals surface area contributed by atoms with E-state index in [9.17, 15) is 4.79 Å². The van der Waals surface area contributed by atoms with Crippen molar-refractivity contribution < 1.29 is 9.53 Å². The first-order valence-corrected chi connectivity index (χ1v) is 11.0. The van der Waals surface area contributed by atoms with Gasteiger partial charge in [-0.2, -0.15) is 0 Å². The van der Waals surface area contributed by atoms with Gasteiger partial charge in [0.15, 0.2) is 11.9 Å². The number of carbonyl (C=O) groups is 1. The van der Waals surface area contributed by atoms with Crippen LogP contribution in [-0.4, -0.2) is 21.5 Å². The maximum Gasteiger partial charge on any atom is 0.247 e. The van der Waals surface area contributed by atoms with Crippen LogP contribution in [0.25, 0.3) is 11.0 Å². The minimum absolute atomic E-state index is 0.0124. The Morgan fingerprint density at radius 2 is 1.69 bits per heavy atom. The van der Waals surface area contributed by atoms with Gasteiger partial charge in [-0.15, -0.1) is 0 Å². The second-order valence-corrected chi connectivity index (χ2v) is 8.31. The van der Waals surface area contributed by atoms with E-state index in [0.717, 1.165) is 33.9 Å². The van der Waals surface area contributed by atoms with E-state index < -0.39 is 0 Å². The molecule has 5 heteroatoms. The number of aryl methyl sites for hydroxylation is 1. The minimum atomic E-state index is -0.318. The van der Waals surface area contributed by atoms with E-state index in [2.05, 4.69) is 0 Å². The standard InChI is InChI=1S/C27H29N3O2/c1-19(2)30(22-12-6-5-7-13-22)26(31)18-29-25-16-9-8-15-24(25)28-27(29)21(4)32-23-14-10-11-20(3)17-23/h5-17,19,21H,18H2,1-4H3/t21-/m1/s1. The van der Waals surface area contributed by atoms with Crippen LogP contribution in [0.1, 0.15) is 38.3 Å². The summed E-state index contributed by atoms with van der Waals surface area (Å²) >= 11 is 0. The Bertz CT molecular complexity index is 1210. The van der Waals surface area contributed by atoms with Gasteiger partial charge < -0.3 is 14.2 Å². The summed E-state index contributed by atoms with van der Waals surface area (Å²) in [6.45, 7) is 8.25. The molecule has 1 atom stereocenters. The molecule has 0 aliphatic carbocycles. The molecule has 4 aromatic rings. The Labute approximate surface area is 189 Å². The minimum Gasteiger partial charge on any atom is -0.483 e. The van der Waals surface area contributed by atoms with Crippen LogP contribution < -0.4 is 9.64 Å². The lowest BCUT2D eigenvalue weighted by Gasteiger charge is -2.28. The van der Waals surface area contributed by atoms with Crippen LogP contribution in [0.3, 0.4) is 0 Å². The number of anilines is 1. The van der Waals surface area contributed by atoms with Crippen LogP contribution in [-0.2, 0) is 11.3 Å². The molecule has 0 saturated carbocycles. The highest BCUT2D eigenvalue weighted by molar-refractivity contribution is 5.94. The Hall–Kier alpha value is -3.60. The fraction of sp³-hybridized carbons (Fsp3) is 0.259. The number of ether oxygens (including phenoxy) is 1. The van der Waals surface area contributed by atoms with E-state index in [1.54, 1.807) is 0 Å². The van der Waals surface area contributed by atoms with E-state index in [0.29, 0.717) is 0 Å². The van der Waals surface area contributed by atoms with Gasteiger partial charge in [-0.05, 0) is 69.7 Å². The van der Waals surface area contributed by atoms with Gasteiger partial charge in [0.2, 0.25) is 5.91 Å². The van der Waals surface area contributed by atoms with E-state index in [4.69, 9.17) is 9.72 Å². The number of hydrogen-bond donors (Lipinski definition) is 0. The number of imidazole rings is 1. The van der Waals surface area contributed by atoms with Crippen molar-refractivity contribution in [2.24, 2.45) is 0 Å². The fourth-order valence-corrected chi connectivity index (χ4v) is 4.05. The SMILES string of the molecule is Cc1cccc(O[C@H](C)c2nc3ccccc3n2CC(=O)N(c2ccccc2)C(C)C)c1. The zero-order chi connectivity index (χ0) is 22.7. The number of rotatable bonds is 7. The molecule has 5 nitrogen and oxygen atoms in total. The van der Waals surface area contributed by atoms with E-state index in [1.807, 2.05) is 116 Å². The number of amides is 1. The molecule has 32 heavy (non-hydrogen) atoms. The van der Waals surface area contributed by atoms with Crippen LogP contribution in [0.5, 0.6) is 5.75 Å². The first-order chi connectivity index (χ1) is 15.4. The lowest BCUT2D eigenvalue weighted by Crippen LogP contribution is -2.39. The molecular weight excluding hydrogens is 398 g/mol. The lowest BCUT2D eigenvalue weighted by atomic mass is 10.2. The van der Waals surface area contributed by atoms with E-state index in [-0.39, 0.29) is 24.6 Å². The molecule has 1 heterocycles. The van der Waals surface area contributed by atoms with Gasteiger partial charge in [0.25, 0.3) is 0 Å². The molecule has 0 unspecified atom stereocenters. The highest BCUT2D eigenvalue weighted by atomic mass is 16.5. The predicted octanol–water partition coefficient (Wildman–Crippen LogP) is 5.93. The van der Waals surface area contributed by atoms with Crippen molar-refractivity contribution in [3.8, 4) is 5.75 Å². The van der Waals surface area contributed by atoms with Crippen molar-refractivity contribution in [2.45, 2.75) is 46.4 Å². The van der Waals surface area contributed by atoms with Crippen molar-refractivity contribution in [3.05, 3.63) is 90.3 Å². The number of carbonyl (C=O) groups excluding carboxylic acids is 1. The van der Waals surface area contributed by atoms with Crippen molar-refractivity contribution in [1.29, 1.82) is 0 Å². The van der Waals surface area contributed by atoms with Crippen molar-refractivity contribution in [2.75, 3.05) is 4.90 Å². The van der Waals surface area contributed by atoms with Gasteiger partial charge >= 0.3 is 0 Å². The predicted molar refractivity (Wildman–Crippen MR) is 129 cm³/mol. The summed E-state index contributed by atoms with van der Waals surface area (Å²) in [5.74, 6) is 1.53. The van der Waals surface area contributed by atoms with E-state index >= 15 is 0 Å². The Balaban J connectivity index is 1.69. The molecule has 1 aromatic heterocycles. The summed E-state index contributed by atoms with van der Waals surface area (Å²) in [5.41, 5.74) is 3.80. The largest absolute Gasteiger partial charge is 0.483 e. The van der Waals surface area contributed by atoms with Crippen molar-refractivity contribution >= 4 is 22.6 Å². The summed E-state index contributed by atoms with van der Waals surface area (Å²) < 4.78 is 8.20. The summed E-state index contributed by atoms with van der Waals surface area (Å²) in [6.07, 6.45) is -0.318. The van der Waals surface area contributed by atoms with Gasteiger partial charge in [-0.3, -0.25) is 4.79 Å². The molecule has 0 aliphatic heterocycles. The number of aromatic nitrogens is 2. The fourth-order valence-electron chi connectivity index (χ4n) is 4.05. The third-order valence-electron chi connectivity index (χ3n) is 5.46. The Kier molecular flexibility index (Phi) is 6.26. The lowest BCUT2D eigenvalue weighted by molar-refractivity contribution is -0.119. The second kappa shape index (κ2) is 9.27. The first-order valence-electron chi connectivity index (χ1n) is 11.0. The zero-order valence-electron chi connectivity index (χ0n) is 19.0. The first kappa shape index (κ1) is 21.6. The molecule has 0 bridgehead atoms. The average molecular weight is 428 g/mol. The maximum atomic E-state index is 13.5. The topological polar surface area (TPSA) is 47.4 Å². The van der Waals surface area contributed by atoms with Gasteiger partial charge in [-0.1, -0.05) is 42.5 Å². The third kappa shape index (κ3) is 4.52. The summed E-state index contributed by atoms with van der Waals surface area (Å²) in [7, 11) is 0. The van der Waals surface area contributed by atoms with Crippen LogP contribution in [0.4, 0.5) is 5.69 Å².